The predicted molar refractivity (Wildman–Crippen MR) is 66.9 cm³/mol. The van der Waals surface area contributed by atoms with Gasteiger partial charge in [-0.15, -0.1) is 0 Å². The van der Waals surface area contributed by atoms with Crippen LogP contribution >= 0.6 is 0 Å². The Hall–Kier alpha value is -1.59. The zero-order chi connectivity index (χ0) is 11.7. The van der Waals surface area contributed by atoms with E-state index in [9.17, 15) is 0 Å². The Bertz CT molecular complexity index is 397. The highest BCUT2D eigenvalue weighted by molar-refractivity contribution is 5.43. The molecule has 1 aromatic rings. The predicted octanol–water partition coefficient (Wildman–Crippen LogP) is 1.02. The van der Waals surface area contributed by atoms with Crippen LogP contribution in [0.15, 0.2) is 0 Å². The van der Waals surface area contributed by atoms with Gasteiger partial charge in [0.1, 0.15) is 0 Å². The van der Waals surface area contributed by atoms with Crippen LogP contribution in [0.5, 0.6) is 0 Å². The molecule has 1 aliphatic heterocycles. The molecule has 0 bridgehead atoms. The van der Waals surface area contributed by atoms with Gasteiger partial charge >= 0.3 is 0 Å². The highest BCUT2D eigenvalue weighted by Crippen LogP contribution is 2.23. The van der Waals surface area contributed by atoms with E-state index in [-0.39, 0.29) is 0 Å². The van der Waals surface area contributed by atoms with E-state index >= 15 is 0 Å². The summed E-state index contributed by atoms with van der Waals surface area (Å²) in [6, 6.07) is 0.517. The number of hydrogen-bond donors (Lipinski definition) is 2. The summed E-state index contributed by atoms with van der Waals surface area (Å²) in [4.78, 5) is 15.0. The minimum absolute atomic E-state index is 0.309. The maximum atomic E-state index is 5.73. The number of nitrogens with two attached hydrogens (primary N) is 1. The summed E-state index contributed by atoms with van der Waals surface area (Å²) >= 11 is 0. The Morgan fingerprint density at radius 3 is 2.47 bits per heavy atom. The van der Waals surface area contributed by atoms with Crippen LogP contribution in [0.3, 0.4) is 0 Å². The van der Waals surface area contributed by atoms with Crippen molar-refractivity contribution in [2.75, 3.05) is 29.0 Å². The molecule has 3 rings (SSSR count). The first-order chi connectivity index (χ1) is 8.31. The van der Waals surface area contributed by atoms with Gasteiger partial charge in [0.05, 0.1) is 0 Å². The highest BCUT2D eigenvalue weighted by atomic mass is 15.3. The zero-order valence-corrected chi connectivity index (χ0v) is 9.89. The molecule has 0 amide bonds. The minimum atomic E-state index is 0.309. The number of nitrogen functional groups attached to an aromatic ring is 1. The van der Waals surface area contributed by atoms with Gasteiger partial charge in [-0.3, -0.25) is 0 Å². The SMILES string of the molecule is Nc1nc(NC2CCC2)nc(N2CCCC2)n1. The lowest BCUT2D eigenvalue weighted by Crippen LogP contribution is -2.29. The van der Waals surface area contributed by atoms with Crippen LogP contribution in [0.1, 0.15) is 32.1 Å². The van der Waals surface area contributed by atoms with Gasteiger partial charge in [0.15, 0.2) is 0 Å². The fourth-order valence-corrected chi connectivity index (χ4v) is 2.24. The number of hydrogen-bond acceptors (Lipinski definition) is 6. The van der Waals surface area contributed by atoms with Crippen LogP contribution in [0.2, 0.25) is 0 Å². The second kappa shape index (κ2) is 4.35. The van der Waals surface area contributed by atoms with E-state index in [4.69, 9.17) is 5.73 Å². The maximum absolute atomic E-state index is 5.73. The first kappa shape index (κ1) is 10.6. The fraction of sp³-hybridized carbons (Fsp3) is 0.727. The van der Waals surface area contributed by atoms with Gasteiger partial charge in [0.2, 0.25) is 17.8 Å². The van der Waals surface area contributed by atoms with Crippen LogP contribution in [-0.4, -0.2) is 34.1 Å². The summed E-state index contributed by atoms with van der Waals surface area (Å²) in [7, 11) is 0. The Morgan fingerprint density at radius 2 is 1.82 bits per heavy atom. The normalized spacial score (nSPS) is 20.4. The van der Waals surface area contributed by atoms with E-state index in [0.717, 1.165) is 19.0 Å². The molecule has 17 heavy (non-hydrogen) atoms. The summed E-state index contributed by atoms with van der Waals surface area (Å²) in [5.41, 5.74) is 5.73. The third-order valence-corrected chi connectivity index (χ3v) is 3.47. The molecule has 0 spiro atoms. The van der Waals surface area contributed by atoms with E-state index in [1.807, 2.05) is 0 Å². The molecule has 1 aliphatic carbocycles. The van der Waals surface area contributed by atoms with Gasteiger partial charge in [-0.25, -0.2) is 0 Å². The third-order valence-electron chi connectivity index (χ3n) is 3.47. The molecule has 0 atom stereocenters. The molecule has 0 aromatic carbocycles. The fourth-order valence-electron chi connectivity index (χ4n) is 2.24. The number of nitrogens with zero attached hydrogens (tertiary/aromatic N) is 4. The average Bonchev–Trinajstić information content (AvgIpc) is 2.76. The first-order valence-corrected chi connectivity index (χ1v) is 6.34. The van der Waals surface area contributed by atoms with E-state index < -0.39 is 0 Å². The summed E-state index contributed by atoms with van der Waals surface area (Å²) in [5, 5.41) is 3.31. The number of aromatic nitrogens is 3. The Balaban J connectivity index is 1.78. The maximum Gasteiger partial charge on any atom is 0.231 e. The molecule has 2 aliphatic rings. The van der Waals surface area contributed by atoms with Gasteiger partial charge in [-0.05, 0) is 32.1 Å². The molecule has 6 heteroatoms. The Kier molecular flexibility index (Phi) is 2.70. The van der Waals surface area contributed by atoms with Crippen molar-refractivity contribution in [1.82, 2.24) is 15.0 Å². The summed E-state index contributed by atoms with van der Waals surface area (Å²) in [6.45, 7) is 2.04. The summed E-state index contributed by atoms with van der Waals surface area (Å²) < 4.78 is 0. The van der Waals surface area contributed by atoms with Gasteiger partial charge in [0, 0.05) is 19.1 Å². The van der Waals surface area contributed by atoms with Crippen molar-refractivity contribution >= 4 is 17.8 Å². The molecule has 0 unspecified atom stereocenters. The number of nitrogens with one attached hydrogen (secondary N) is 1. The molecule has 3 N–H and O–H groups in total. The van der Waals surface area contributed by atoms with E-state index in [0.29, 0.717) is 17.9 Å². The molecule has 0 radical (unpaired) electrons. The highest BCUT2D eigenvalue weighted by Gasteiger charge is 2.20. The van der Waals surface area contributed by atoms with Crippen molar-refractivity contribution < 1.29 is 0 Å². The molecule has 2 fully saturated rings. The van der Waals surface area contributed by atoms with Crippen LogP contribution in [0.25, 0.3) is 0 Å². The largest absolute Gasteiger partial charge is 0.368 e. The van der Waals surface area contributed by atoms with Crippen molar-refractivity contribution in [1.29, 1.82) is 0 Å². The molecule has 92 valence electrons. The Labute approximate surface area is 101 Å². The average molecular weight is 234 g/mol. The molecular weight excluding hydrogens is 216 g/mol. The standard InChI is InChI=1S/C11H18N6/c12-9-14-10(13-8-4-3-5-8)16-11(15-9)17-6-1-2-7-17/h8H,1-7H2,(H3,12,13,14,15,16). The zero-order valence-electron chi connectivity index (χ0n) is 9.89. The van der Waals surface area contributed by atoms with Crippen LogP contribution < -0.4 is 16.0 Å². The summed E-state index contributed by atoms with van der Waals surface area (Å²) in [5.74, 6) is 1.66. The van der Waals surface area contributed by atoms with Gasteiger partial charge in [0.25, 0.3) is 0 Å². The topological polar surface area (TPSA) is 80.0 Å². The van der Waals surface area contributed by atoms with Crippen LogP contribution in [0.4, 0.5) is 17.8 Å². The Morgan fingerprint density at radius 1 is 1.06 bits per heavy atom. The monoisotopic (exact) mass is 234 g/mol. The molecule has 2 heterocycles. The molecule has 1 aromatic heterocycles. The summed E-state index contributed by atoms with van der Waals surface area (Å²) in [6.07, 6.45) is 6.10. The van der Waals surface area contributed by atoms with E-state index in [1.165, 1.54) is 32.1 Å². The number of rotatable bonds is 3. The lowest BCUT2D eigenvalue weighted by molar-refractivity contribution is 0.443. The van der Waals surface area contributed by atoms with Gasteiger partial charge in [-0.2, -0.15) is 15.0 Å². The molecule has 1 saturated carbocycles. The van der Waals surface area contributed by atoms with E-state index in [2.05, 4.69) is 25.2 Å². The van der Waals surface area contributed by atoms with Crippen LogP contribution in [-0.2, 0) is 0 Å². The lowest BCUT2D eigenvalue weighted by Gasteiger charge is -2.26. The van der Waals surface area contributed by atoms with Crippen molar-refractivity contribution in [3.63, 3.8) is 0 Å². The second-order valence-electron chi connectivity index (χ2n) is 4.78. The van der Waals surface area contributed by atoms with Crippen LogP contribution in [0, 0.1) is 0 Å². The molecule has 6 nitrogen and oxygen atoms in total. The van der Waals surface area contributed by atoms with E-state index in [1.54, 1.807) is 0 Å². The second-order valence-corrected chi connectivity index (χ2v) is 4.78. The van der Waals surface area contributed by atoms with Crippen molar-refractivity contribution in [2.24, 2.45) is 0 Å². The van der Waals surface area contributed by atoms with Crippen molar-refractivity contribution in [2.45, 2.75) is 38.1 Å². The van der Waals surface area contributed by atoms with Gasteiger partial charge < -0.3 is 16.0 Å². The minimum Gasteiger partial charge on any atom is -0.368 e. The van der Waals surface area contributed by atoms with Crippen molar-refractivity contribution in [3.05, 3.63) is 0 Å². The smallest absolute Gasteiger partial charge is 0.231 e. The molecular formula is C11H18N6. The molecule has 1 saturated heterocycles. The third kappa shape index (κ3) is 2.25. The lowest BCUT2D eigenvalue weighted by atomic mass is 9.93. The van der Waals surface area contributed by atoms with Gasteiger partial charge in [-0.1, -0.05) is 0 Å². The first-order valence-electron chi connectivity index (χ1n) is 6.34. The van der Waals surface area contributed by atoms with Crippen molar-refractivity contribution in [3.8, 4) is 0 Å². The quantitative estimate of drug-likeness (QED) is 0.812. The number of anilines is 3.